The summed E-state index contributed by atoms with van der Waals surface area (Å²) in [5.74, 6) is -1.80. The number of rotatable bonds is 4. The molecule has 0 aromatic heterocycles. The number of carboxylic acid groups (broad SMARTS) is 1. The summed E-state index contributed by atoms with van der Waals surface area (Å²) in [4.78, 5) is 36.3. The SMILES string of the molecule is C[C@@H]1C(=O)N[C@H](CC(=O)O)C(=O)N1Cc1ccccc1. The number of carbonyl (C=O) groups is 3. The Labute approximate surface area is 116 Å². The lowest BCUT2D eigenvalue weighted by atomic mass is 10.0. The fraction of sp³-hybridized carbons (Fsp3) is 0.357. The summed E-state index contributed by atoms with van der Waals surface area (Å²) in [5.41, 5.74) is 0.900. The van der Waals surface area contributed by atoms with Gasteiger partial charge in [0.25, 0.3) is 0 Å². The van der Waals surface area contributed by atoms with Gasteiger partial charge < -0.3 is 15.3 Å². The third-order valence-electron chi connectivity index (χ3n) is 3.32. The maximum absolute atomic E-state index is 12.3. The van der Waals surface area contributed by atoms with Crippen LogP contribution in [0.5, 0.6) is 0 Å². The fourth-order valence-corrected chi connectivity index (χ4v) is 2.19. The number of nitrogens with zero attached hydrogens (tertiary/aromatic N) is 1. The lowest BCUT2D eigenvalue weighted by Gasteiger charge is -2.37. The van der Waals surface area contributed by atoms with Crippen LogP contribution in [0.3, 0.4) is 0 Å². The second-order valence-corrected chi connectivity index (χ2v) is 4.79. The van der Waals surface area contributed by atoms with Gasteiger partial charge in [0.2, 0.25) is 11.8 Å². The first-order chi connectivity index (χ1) is 9.49. The lowest BCUT2D eigenvalue weighted by molar-refractivity contribution is -0.152. The molecule has 106 valence electrons. The molecule has 2 N–H and O–H groups in total. The predicted octanol–water partition coefficient (Wildman–Crippen LogP) is 0.377. The van der Waals surface area contributed by atoms with Crippen molar-refractivity contribution < 1.29 is 19.5 Å². The van der Waals surface area contributed by atoms with Crippen molar-refractivity contribution in [3.8, 4) is 0 Å². The normalized spacial score (nSPS) is 22.6. The van der Waals surface area contributed by atoms with E-state index in [2.05, 4.69) is 5.32 Å². The molecule has 1 fully saturated rings. The van der Waals surface area contributed by atoms with Crippen molar-refractivity contribution >= 4 is 17.8 Å². The zero-order valence-electron chi connectivity index (χ0n) is 11.1. The van der Waals surface area contributed by atoms with E-state index in [0.717, 1.165) is 5.56 Å². The largest absolute Gasteiger partial charge is 0.481 e. The highest BCUT2D eigenvalue weighted by Gasteiger charge is 2.38. The van der Waals surface area contributed by atoms with Gasteiger partial charge in [0, 0.05) is 6.54 Å². The molecule has 2 atom stereocenters. The van der Waals surface area contributed by atoms with E-state index in [1.807, 2.05) is 30.3 Å². The van der Waals surface area contributed by atoms with E-state index < -0.39 is 24.5 Å². The van der Waals surface area contributed by atoms with Gasteiger partial charge in [-0.15, -0.1) is 0 Å². The Morgan fingerprint density at radius 2 is 1.95 bits per heavy atom. The average Bonchev–Trinajstić information content (AvgIpc) is 2.41. The van der Waals surface area contributed by atoms with E-state index in [1.54, 1.807) is 6.92 Å². The first-order valence-electron chi connectivity index (χ1n) is 6.35. The number of piperazine rings is 1. The molecule has 1 aliphatic heterocycles. The molecule has 1 saturated heterocycles. The van der Waals surface area contributed by atoms with Crippen molar-refractivity contribution in [1.29, 1.82) is 0 Å². The summed E-state index contributed by atoms with van der Waals surface area (Å²) >= 11 is 0. The predicted molar refractivity (Wildman–Crippen MR) is 70.6 cm³/mol. The van der Waals surface area contributed by atoms with Crippen LogP contribution >= 0.6 is 0 Å². The Hall–Kier alpha value is -2.37. The summed E-state index contributed by atoms with van der Waals surface area (Å²) < 4.78 is 0. The minimum absolute atomic E-state index is 0.296. The zero-order valence-corrected chi connectivity index (χ0v) is 11.1. The van der Waals surface area contributed by atoms with Gasteiger partial charge in [-0.2, -0.15) is 0 Å². The fourth-order valence-electron chi connectivity index (χ4n) is 2.19. The van der Waals surface area contributed by atoms with E-state index in [-0.39, 0.29) is 11.8 Å². The molecule has 1 heterocycles. The van der Waals surface area contributed by atoms with Gasteiger partial charge >= 0.3 is 5.97 Å². The van der Waals surface area contributed by atoms with E-state index in [1.165, 1.54) is 4.90 Å². The molecule has 1 aromatic rings. The maximum Gasteiger partial charge on any atom is 0.305 e. The molecule has 0 aliphatic carbocycles. The number of nitrogens with one attached hydrogen (secondary N) is 1. The molecule has 0 spiro atoms. The van der Waals surface area contributed by atoms with Gasteiger partial charge in [-0.3, -0.25) is 14.4 Å². The minimum atomic E-state index is -1.11. The van der Waals surface area contributed by atoms with Gasteiger partial charge in [0.1, 0.15) is 12.1 Å². The van der Waals surface area contributed by atoms with Crippen LogP contribution in [-0.2, 0) is 20.9 Å². The topological polar surface area (TPSA) is 86.7 Å². The first-order valence-corrected chi connectivity index (χ1v) is 6.35. The zero-order chi connectivity index (χ0) is 14.7. The van der Waals surface area contributed by atoms with Crippen LogP contribution in [0.1, 0.15) is 18.9 Å². The van der Waals surface area contributed by atoms with Crippen molar-refractivity contribution in [1.82, 2.24) is 10.2 Å². The van der Waals surface area contributed by atoms with E-state index in [4.69, 9.17) is 5.11 Å². The summed E-state index contributed by atoms with van der Waals surface area (Å²) in [6, 6.07) is 7.70. The molecule has 6 nitrogen and oxygen atoms in total. The molecule has 0 bridgehead atoms. The van der Waals surface area contributed by atoms with E-state index >= 15 is 0 Å². The Kier molecular flexibility index (Phi) is 4.02. The molecule has 1 aliphatic rings. The van der Waals surface area contributed by atoms with Crippen molar-refractivity contribution in [2.24, 2.45) is 0 Å². The molecule has 2 rings (SSSR count). The van der Waals surface area contributed by atoms with Crippen LogP contribution in [0.15, 0.2) is 30.3 Å². The van der Waals surface area contributed by atoms with Gasteiger partial charge in [0.15, 0.2) is 0 Å². The van der Waals surface area contributed by atoms with Crippen LogP contribution in [0.25, 0.3) is 0 Å². The van der Waals surface area contributed by atoms with Crippen LogP contribution in [0.2, 0.25) is 0 Å². The molecular formula is C14H16N2O4. The molecule has 2 amide bonds. The number of carboxylic acids is 1. The highest BCUT2D eigenvalue weighted by Crippen LogP contribution is 2.16. The lowest BCUT2D eigenvalue weighted by Crippen LogP contribution is -2.62. The van der Waals surface area contributed by atoms with E-state index in [9.17, 15) is 14.4 Å². The summed E-state index contributed by atoms with van der Waals surface area (Å²) in [7, 11) is 0. The second kappa shape index (κ2) is 5.73. The van der Waals surface area contributed by atoms with Crippen molar-refractivity contribution in [3.63, 3.8) is 0 Å². The maximum atomic E-state index is 12.3. The number of amides is 2. The Balaban J connectivity index is 2.18. The van der Waals surface area contributed by atoms with Gasteiger partial charge in [0.05, 0.1) is 6.42 Å². The molecule has 20 heavy (non-hydrogen) atoms. The van der Waals surface area contributed by atoms with Gasteiger partial charge in [-0.1, -0.05) is 30.3 Å². The van der Waals surface area contributed by atoms with Crippen molar-refractivity contribution in [2.45, 2.75) is 32.0 Å². The first kappa shape index (κ1) is 14.0. The number of hydrogen-bond donors (Lipinski definition) is 2. The summed E-state index contributed by atoms with van der Waals surface area (Å²) in [6.45, 7) is 1.93. The van der Waals surface area contributed by atoms with Crippen LogP contribution in [0, 0.1) is 0 Å². The number of carbonyl (C=O) groups excluding carboxylic acids is 2. The van der Waals surface area contributed by atoms with Crippen molar-refractivity contribution in [2.75, 3.05) is 0 Å². The van der Waals surface area contributed by atoms with Gasteiger partial charge in [-0.25, -0.2) is 0 Å². The van der Waals surface area contributed by atoms with Gasteiger partial charge in [-0.05, 0) is 12.5 Å². The molecule has 0 unspecified atom stereocenters. The number of benzene rings is 1. The highest BCUT2D eigenvalue weighted by molar-refractivity contribution is 5.98. The molecule has 1 aromatic carbocycles. The molecular weight excluding hydrogens is 260 g/mol. The number of hydrogen-bond acceptors (Lipinski definition) is 3. The minimum Gasteiger partial charge on any atom is -0.481 e. The Morgan fingerprint density at radius 3 is 2.55 bits per heavy atom. The summed E-state index contributed by atoms with van der Waals surface area (Å²) in [6.07, 6.45) is -0.400. The molecule has 0 saturated carbocycles. The van der Waals surface area contributed by atoms with Crippen LogP contribution in [0.4, 0.5) is 0 Å². The third-order valence-corrected chi connectivity index (χ3v) is 3.32. The van der Waals surface area contributed by atoms with E-state index in [0.29, 0.717) is 6.54 Å². The third kappa shape index (κ3) is 2.96. The van der Waals surface area contributed by atoms with Crippen LogP contribution < -0.4 is 5.32 Å². The monoisotopic (exact) mass is 276 g/mol. The standard InChI is InChI=1S/C14H16N2O4/c1-9-13(19)15-11(7-12(17)18)14(20)16(9)8-10-5-3-2-4-6-10/h2-6,9,11H,7-8H2,1H3,(H,15,19)(H,17,18)/t9-,11-/m1/s1. The summed E-state index contributed by atoms with van der Waals surface area (Å²) in [5, 5.41) is 11.2. The quantitative estimate of drug-likeness (QED) is 0.832. The Morgan fingerprint density at radius 1 is 1.30 bits per heavy atom. The number of aliphatic carboxylic acids is 1. The molecule has 6 heteroatoms. The average molecular weight is 276 g/mol. The smallest absolute Gasteiger partial charge is 0.305 e. The second-order valence-electron chi connectivity index (χ2n) is 4.79. The highest BCUT2D eigenvalue weighted by atomic mass is 16.4. The van der Waals surface area contributed by atoms with Crippen molar-refractivity contribution in [3.05, 3.63) is 35.9 Å². The van der Waals surface area contributed by atoms with Crippen LogP contribution in [-0.4, -0.2) is 39.9 Å². The Bertz CT molecular complexity index is 529. The molecule has 0 radical (unpaired) electrons.